The van der Waals surface area contributed by atoms with Crippen molar-refractivity contribution in [3.05, 3.63) is 35.7 Å². The molecule has 0 bridgehead atoms. The first-order valence-corrected chi connectivity index (χ1v) is 8.24. The fourth-order valence-corrected chi connectivity index (χ4v) is 3.10. The Morgan fingerprint density at radius 3 is 2.88 bits per heavy atom. The molecule has 2 heterocycles. The van der Waals surface area contributed by atoms with E-state index in [9.17, 15) is 4.79 Å². The van der Waals surface area contributed by atoms with Crippen molar-refractivity contribution >= 4 is 5.91 Å². The van der Waals surface area contributed by atoms with Crippen LogP contribution < -0.4 is 0 Å². The zero-order valence-electron chi connectivity index (χ0n) is 15.0. The van der Waals surface area contributed by atoms with Gasteiger partial charge in [0.05, 0.1) is 18.3 Å². The topological polar surface area (TPSA) is 77.7 Å². The normalized spacial score (nSPS) is 19.8. The molecule has 0 unspecified atom stereocenters. The molecule has 134 valence electrons. The van der Waals surface area contributed by atoms with E-state index in [1.54, 1.807) is 26.2 Å². The highest BCUT2D eigenvalue weighted by Gasteiger charge is 2.36. The molecule has 2 aromatic rings. The highest BCUT2D eigenvalue weighted by molar-refractivity contribution is 5.95. The standard InChI is InChI=1S/C18H23N3O4/c1-12-19-20-16(24-12)13-6-5-7-14(8-13)17(22)21-9-15(10-23-4)25-18(2,3)11-21/h5-8,15H,9-11H2,1-4H3/t15-/m0/s1. The lowest BCUT2D eigenvalue weighted by Gasteiger charge is -2.42. The van der Waals surface area contributed by atoms with E-state index in [0.717, 1.165) is 5.56 Å². The van der Waals surface area contributed by atoms with Crippen LogP contribution in [0.25, 0.3) is 11.5 Å². The Bertz CT molecular complexity index is 756. The lowest BCUT2D eigenvalue weighted by atomic mass is 10.0. The molecule has 1 aromatic heterocycles. The number of carbonyl (C=O) groups excluding carboxylic acids is 1. The van der Waals surface area contributed by atoms with Gasteiger partial charge in [-0.15, -0.1) is 10.2 Å². The number of methoxy groups -OCH3 is 1. The summed E-state index contributed by atoms with van der Waals surface area (Å²) < 4.78 is 16.6. The average Bonchev–Trinajstić information content (AvgIpc) is 3.00. The summed E-state index contributed by atoms with van der Waals surface area (Å²) >= 11 is 0. The minimum atomic E-state index is -0.418. The first-order valence-electron chi connectivity index (χ1n) is 8.24. The van der Waals surface area contributed by atoms with Gasteiger partial charge in [0.1, 0.15) is 0 Å². The minimum absolute atomic E-state index is 0.0458. The van der Waals surface area contributed by atoms with Crippen LogP contribution in [-0.4, -0.2) is 59.5 Å². The van der Waals surface area contributed by atoms with Crippen LogP contribution in [0.5, 0.6) is 0 Å². The smallest absolute Gasteiger partial charge is 0.254 e. The maximum Gasteiger partial charge on any atom is 0.254 e. The van der Waals surface area contributed by atoms with Gasteiger partial charge in [0.15, 0.2) is 0 Å². The number of aromatic nitrogens is 2. The summed E-state index contributed by atoms with van der Waals surface area (Å²) in [6.07, 6.45) is -0.139. The number of amides is 1. The van der Waals surface area contributed by atoms with E-state index in [1.165, 1.54) is 0 Å². The molecule has 0 N–H and O–H groups in total. The molecule has 1 atom stereocenters. The fourth-order valence-electron chi connectivity index (χ4n) is 3.10. The summed E-state index contributed by atoms with van der Waals surface area (Å²) in [6, 6.07) is 7.24. The summed E-state index contributed by atoms with van der Waals surface area (Å²) in [4.78, 5) is 14.8. The summed E-state index contributed by atoms with van der Waals surface area (Å²) in [5.41, 5.74) is 0.896. The van der Waals surface area contributed by atoms with Gasteiger partial charge in [-0.25, -0.2) is 0 Å². The lowest BCUT2D eigenvalue weighted by molar-refractivity contribution is -0.143. The third-order valence-corrected chi connectivity index (χ3v) is 4.00. The summed E-state index contributed by atoms with van der Waals surface area (Å²) in [7, 11) is 1.63. The van der Waals surface area contributed by atoms with E-state index in [1.807, 2.05) is 30.9 Å². The Kier molecular flexibility index (Phi) is 4.87. The maximum atomic E-state index is 13.0. The van der Waals surface area contributed by atoms with Crippen LogP contribution in [0.4, 0.5) is 0 Å². The first kappa shape index (κ1) is 17.6. The van der Waals surface area contributed by atoms with Crippen LogP contribution in [0, 0.1) is 6.92 Å². The predicted octanol–water partition coefficient (Wildman–Crippen LogP) is 2.31. The van der Waals surface area contributed by atoms with Crippen molar-refractivity contribution in [2.75, 3.05) is 26.8 Å². The van der Waals surface area contributed by atoms with Crippen molar-refractivity contribution in [3.8, 4) is 11.5 Å². The maximum absolute atomic E-state index is 13.0. The van der Waals surface area contributed by atoms with Gasteiger partial charge in [-0.1, -0.05) is 6.07 Å². The van der Waals surface area contributed by atoms with Gasteiger partial charge < -0.3 is 18.8 Å². The number of carbonyl (C=O) groups is 1. The Balaban J connectivity index is 1.82. The van der Waals surface area contributed by atoms with Crippen molar-refractivity contribution in [2.24, 2.45) is 0 Å². The molecule has 1 amide bonds. The number of hydrogen-bond donors (Lipinski definition) is 0. The van der Waals surface area contributed by atoms with Gasteiger partial charge in [-0.05, 0) is 32.0 Å². The Morgan fingerprint density at radius 2 is 2.20 bits per heavy atom. The Hall–Kier alpha value is -2.25. The third kappa shape index (κ3) is 4.05. The molecule has 1 saturated heterocycles. The molecule has 0 radical (unpaired) electrons. The van der Waals surface area contributed by atoms with Crippen molar-refractivity contribution in [1.82, 2.24) is 15.1 Å². The van der Waals surface area contributed by atoms with Crippen LogP contribution in [0.2, 0.25) is 0 Å². The second-order valence-electron chi connectivity index (χ2n) is 6.85. The second-order valence-corrected chi connectivity index (χ2v) is 6.85. The number of rotatable bonds is 4. The molecular formula is C18H23N3O4. The van der Waals surface area contributed by atoms with E-state index < -0.39 is 5.60 Å². The van der Waals surface area contributed by atoms with E-state index in [4.69, 9.17) is 13.9 Å². The number of nitrogens with zero attached hydrogens (tertiary/aromatic N) is 3. The molecule has 1 fully saturated rings. The van der Waals surface area contributed by atoms with Gasteiger partial charge >= 0.3 is 0 Å². The first-order chi connectivity index (χ1) is 11.9. The van der Waals surface area contributed by atoms with E-state index in [-0.39, 0.29) is 12.0 Å². The van der Waals surface area contributed by atoms with Gasteiger partial charge in [0.2, 0.25) is 11.8 Å². The zero-order chi connectivity index (χ0) is 18.0. The summed E-state index contributed by atoms with van der Waals surface area (Å²) in [6.45, 7) is 7.17. The molecule has 7 heteroatoms. The van der Waals surface area contributed by atoms with E-state index in [0.29, 0.717) is 37.0 Å². The number of ether oxygens (including phenoxy) is 2. The highest BCUT2D eigenvalue weighted by Crippen LogP contribution is 2.24. The average molecular weight is 345 g/mol. The second kappa shape index (κ2) is 6.93. The van der Waals surface area contributed by atoms with Crippen molar-refractivity contribution in [3.63, 3.8) is 0 Å². The molecule has 0 saturated carbocycles. The Morgan fingerprint density at radius 1 is 1.40 bits per heavy atom. The van der Waals surface area contributed by atoms with Gasteiger partial charge in [-0.3, -0.25) is 4.79 Å². The summed E-state index contributed by atoms with van der Waals surface area (Å²) in [5.74, 6) is 0.853. The molecule has 3 rings (SSSR count). The predicted molar refractivity (Wildman–Crippen MR) is 91.2 cm³/mol. The molecular weight excluding hydrogens is 322 g/mol. The third-order valence-electron chi connectivity index (χ3n) is 4.00. The largest absolute Gasteiger partial charge is 0.421 e. The molecule has 1 aliphatic rings. The quantitative estimate of drug-likeness (QED) is 0.846. The van der Waals surface area contributed by atoms with Crippen LogP contribution >= 0.6 is 0 Å². The Labute approximate surface area is 146 Å². The summed E-state index contributed by atoms with van der Waals surface area (Å²) in [5, 5.41) is 7.84. The zero-order valence-corrected chi connectivity index (χ0v) is 15.0. The van der Waals surface area contributed by atoms with Gasteiger partial charge in [-0.2, -0.15) is 0 Å². The lowest BCUT2D eigenvalue weighted by Crippen LogP contribution is -2.55. The van der Waals surface area contributed by atoms with E-state index >= 15 is 0 Å². The molecule has 1 aromatic carbocycles. The minimum Gasteiger partial charge on any atom is -0.421 e. The van der Waals surface area contributed by atoms with Crippen molar-refractivity contribution < 1.29 is 18.7 Å². The number of benzene rings is 1. The molecule has 0 aliphatic carbocycles. The van der Waals surface area contributed by atoms with Crippen LogP contribution in [0.3, 0.4) is 0 Å². The molecule has 1 aliphatic heterocycles. The van der Waals surface area contributed by atoms with Crippen molar-refractivity contribution in [2.45, 2.75) is 32.5 Å². The molecule has 25 heavy (non-hydrogen) atoms. The van der Waals surface area contributed by atoms with E-state index in [2.05, 4.69) is 10.2 Å². The van der Waals surface area contributed by atoms with Crippen LogP contribution in [0.1, 0.15) is 30.1 Å². The molecule has 0 spiro atoms. The SMILES string of the molecule is COC[C@@H]1CN(C(=O)c2cccc(-c3nnc(C)o3)c2)CC(C)(C)O1. The van der Waals surface area contributed by atoms with Gasteiger partial charge in [0.25, 0.3) is 5.91 Å². The number of hydrogen-bond acceptors (Lipinski definition) is 6. The van der Waals surface area contributed by atoms with Crippen molar-refractivity contribution in [1.29, 1.82) is 0 Å². The molecule has 7 nitrogen and oxygen atoms in total. The monoisotopic (exact) mass is 345 g/mol. The number of morpholine rings is 1. The fraction of sp³-hybridized carbons (Fsp3) is 0.500. The highest BCUT2D eigenvalue weighted by atomic mass is 16.5. The van der Waals surface area contributed by atoms with Gasteiger partial charge in [0, 0.05) is 38.2 Å². The van der Waals surface area contributed by atoms with Crippen LogP contribution in [0.15, 0.2) is 28.7 Å². The number of aryl methyl sites for hydroxylation is 1. The van der Waals surface area contributed by atoms with Crippen LogP contribution in [-0.2, 0) is 9.47 Å².